The summed E-state index contributed by atoms with van der Waals surface area (Å²) in [6.45, 7) is 8.40. The molecule has 0 aliphatic carbocycles. The van der Waals surface area contributed by atoms with Gasteiger partial charge in [0.25, 0.3) is 0 Å². The molecule has 0 atom stereocenters. The van der Waals surface area contributed by atoms with Crippen LogP contribution >= 0.6 is 12.4 Å². The molecule has 80 valence electrons. The maximum Gasteiger partial charge on any atom is 0.0402 e. The predicted octanol–water partition coefficient (Wildman–Crippen LogP) is 2.88. The number of anilines is 2. The molecule has 2 nitrogen and oxygen atoms in total. The van der Waals surface area contributed by atoms with Crippen molar-refractivity contribution < 1.29 is 0 Å². The van der Waals surface area contributed by atoms with Gasteiger partial charge in [0.1, 0.15) is 0 Å². The second-order valence-electron chi connectivity index (χ2n) is 4.49. The average Bonchev–Trinajstić information content (AvgIpc) is 1.98. The van der Waals surface area contributed by atoms with Crippen LogP contribution in [-0.4, -0.2) is 0 Å². The first kappa shape index (κ1) is 13.1. The van der Waals surface area contributed by atoms with Crippen LogP contribution in [0.3, 0.4) is 0 Å². The zero-order valence-electron chi connectivity index (χ0n) is 9.22. The van der Waals surface area contributed by atoms with E-state index in [1.165, 1.54) is 5.56 Å². The summed E-state index contributed by atoms with van der Waals surface area (Å²) in [6.07, 6.45) is 0. The average molecular weight is 215 g/mol. The zero-order chi connectivity index (χ0) is 10.2. The molecule has 14 heavy (non-hydrogen) atoms. The van der Waals surface area contributed by atoms with E-state index in [0.29, 0.717) is 0 Å². The van der Waals surface area contributed by atoms with Crippen molar-refractivity contribution in [3.63, 3.8) is 0 Å². The van der Waals surface area contributed by atoms with Crippen molar-refractivity contribution in [1.29, 1.82) is 0 Å². The van der Waals surface area contributed by atoms with E-state index in [4.69, 9.17) is 11.5 Å². The molecule has 0 bridgehead atoms. The Bertz CT molecular complexity index is 327. The lowest BCUT2D eigenvalue weighted by atomic mass is 9.84. The Kier molecular flexibility index (Phi) is 3.83. The molecule has 0 aliphatic rings. The molecule has 0 saturated heterocycles. The molecule has 0 spiro atoms. The number of nitrogen functional groups attached to an aromatic ring is 2. The summed E-state index contributed by atoms with van der Waals surface area (Å²) < 4.78 is 0. The Hall–Kier alpha value is -0.890. The lowest BCUT2D eigenvalue weighted by molar-refractivity contribution is 0.592. The molecular formula is C11H19ClN2. The van der Waals surface area contributed by atoms with Gasteiger partial charge in [0.15, 0.2) is 0 Å². The third kappa shape index (κ3) is 2.32. The Labute approximate surface area is 92.1 Å². The van der Waals surface area contributed by atoms with Crippen molar-refractivity contribution in [2.45, 2.75) is 33.1 Å². The van der Waals surface area contributed by atoms with E-state index >= 15 is 0 Å². The van der Waals surface area contributed by atoms with Gasteiger partial charge in [-0.2, -0.15) is 0 Å². The summed E-state index contributed by atoms with van der Waals surface area (Å²) >= 11 is 0. The van der Waals surface area contributed by atoms with Gasteiger partial charge in [-0.3, -0.25) is 0 Å². The minimum absolute atomic E-state index is 0. The van der Waals surface area contributed by atoms with Crippen LogP contribution in [0.25, 0.3) is 0 Å². The van der Waals surface area contributed by atoms with Gasteiger partial charge < -0.3 is 11.5 Å². The minimum atomic E-state index is 0. The highest BCUT2D eigenvalue weighted by Crippen LogP contribution is 2.32. The van der Waals surface area contributed by atoms with Gasteiger partial charge in [0.2, 0.25) is 0 Å². The van der Waals surface area contributed by atoms with Crippen LogP contribution in [0.15, 0.2) is 12.1 Å². The van der Waals surface area contributed by atoms with Crippen molar-refractivity contribution in [1.82, 2.24) is 0 Å². The predicted molar refractivity (Wildman–Crippen MR) is 66.0 cm³/mol. The number of rotatable bonds is 0. The monoisotopic (exact) mass is 214 g/mol. The van der Waals surface area contributed by atoms with Crippen molar-refractivity contribution in [3.05, 3.63) is 23.3 Å². The van der Waals surface area contributed by atoms with E-state index in [2.05, 4.69) is 20.8 Å². The number of hydrogen-bond acceptors (Lipinski definition) is 2. The lowest BCUT2D eigenvalue weighted by Gasteiger charge is -2.22. The minimum Gasteiger partial charge on any atom is -0.398 e. The molecule has 0 fully saturated rings. The molecule has 0 saturated carbocycles. The SMILES string of the molecule is Cc1c(N)ccc(C(C)(C)C)c1N.Cl. The second kappa shape index (κ2) is 4.09. The second-order valence-corrected chi connectivity index (χ2v) is 4.49. The summed E-state index contributed by atoms with van der Waals surface area (Å²) in [5, 5.41) is 0. The molecule has 0 aromatic heterocycles. The Morgan fingerprint density at radius 3 is 2.00 bits per heavy atom. The van der Waals surface area contributed by atoms with Crippen LogP contribution in [0.1, 0.15) is 31.9 Å². The van der Waals surface area contributed by atoms with Gasteiger partial charge in [-0.05, 0) is 29.5 Å². The smallest absolute Gasteiger partial charge is 0.0402 e. The highest BCUT2D eigenvalue weighted by molar-refractivity contribution is 5.85. The van der Waals surface area contributed by atoms with Crippen molar-refractivity contribution >= 4 is 23.8 Å². The maximum atomic E-state index is 5.99. The quantitative estimate of drug-likeness (QED) is 0.653. The van der Waals surface area contributed by atoms with Gasteiger partial charge >= 0.3 is 0 Å². The molecule has 3 heteroatoms. The fourth-order valence-electron chi connectivity index (χ4n) is 1.40. The van der Waals surface area contributed by atoms with E-state index in [1.807, 2.05) is 19.1 Å². The van der Waals surface area contributed by atoms with Crippen LogP contribution < -0.4 is 11.5 Å². The fourth-order valence-corrected chi connectivity index (χ4v) is 1.40. The molecule has 0 amide bonds. The number of benzene rings is 1. The Morgan fingerprint density at radius 2 is 1.57 bits per heavy atom. The molecule has 0 aliphatic heterocycles. The largest absolute Gasteiger partial charge is 0.398 e. The topological polar surface area (TPSA) is 52.0 Å². The fraction of sp³-hybridized carbons (Fsp3) is 0.455. The summed E-state index contributed by atoms with van der Waals surface area (Å²) in [5.74, 6) is 0. The standard InChI is InChI=1S/C11H18N2.ClH/c1-7-9(12)6-5-8(10(7)13)11(2,3)4;/h5-6H,12-13H2,1-4H3;1H. The molecule has 0 radical (unpaired) electrons. The Balaban J connectivity index is 0.00000169. The summed E-state index contributed by atoms with van der Waals surface area (Å²) in [6, 6.07) is 3.93. The molecule has 1 aromatic carbocycles. The van der Waals surface area contributed by atoms with Crippen molar-refractivity contribution in [3.8, 4) is 0 Å². The lowest BCUT2D eigenvalue weighted by Crippen LogP contribution is -2.15. The van der Waals surface area contributed by atoms with E-state index in [1.54, 1.807) is 0 Å². The number of nitrogens with two attached hydrogens (primary N) is 2. The molecule has 1 rings (SSSR count). The van der Waals surface area contributed by atoms with Crippen LogP contribution in [0.4, 0.5) is 11.4 Å². The highest BCUT2D eigenvalue weighted by atomic mass is 35.5. The molecular weight excluding hydrogens is 196 g/mol. The first-order valence-corrected chi connectivity index (χ1v) is 4.49. The normalized spacial score (nSPS) is 10.9. The third-order valence-electron chi connectivity index (χ3n) is 2.36. The van der Waals surface area contributed by atoms with Crippen LogP contribution in [0, 0.1) is 6.92 Å². The van der Waals surface area contributed by atoms with Gasteiger partial charge in [-0.15, -0.1) is 12.4 Å². The highest BCUT2D eigenvalue weighted by Gasteiger charge is 2.18. The number of halogens is 1. The van der Waals surface area contributed by atoms with E-state index in [0.717, 1.165) is 16.9 Å². The van der Waals surface area contributed by atoms with Crippen LogP contribution in [0.5, 0.6) is 0 Å². The van der Waals surface area contributed by atoms with Crippen LogP contribution in [0.2, 0.25) is 0 Å². The Morgan fingerprint density at radius 1 is 1.07 bits per heavy atom. The summed E-state index contributed by atoms with van der Waals surface area (Å²) in [5.41, 5.74) is 15.6. The molecule has 1 aromatic rings. The van der Waals surface area contributed by atoms with E-state index < -0.39 is 0 Å². The van der Waals surface area contributed by atoms with E-state index in [9.17, 15) is 0 Å². The number of hydrogen-bond donors (Lipinski definition) is 2. The first-order valence-electron chi connectivity index (χ1n) is 4.49. The zero-order valence-corrected chi connectivity index (χ0v) is 10.0. The van der Waals surface area contributed by atoms with E-state index in [-0.39, 0.29) is 17.8 Å². The van der Waals surface area contributed by atoms with Gasteiger partial charge in [0.05, 0.1) is 0 Å². The maximum absolute atomic E-state index is 5.99. The van der Waals surface area contributed by atoms with Crippen LogP contribution in [-0.2, 0) is 5.41 Å². The summed E-state index contributed by atoms with van der Waals surface area (Å²) in [4.78, 5) is 0. The molecule has 4 N–H and O–H groups in total. The molecule has 0 heterocycles. The van der Waals surface area contributed by atoms with Gasteiger partial charge in [-0.1, -0.05) is 26.8 Å². The third-order valence-corrected chi connectivity index (χ3v) is 2.36. The van der Waals surface area contributed by atoms with Gasteiger partial charge in [-0.25, -0.2) is 0 Å². The van der Waals surface area contributed by atoms with Gasteiger partial charge in [0, 0.05) is 11.4 Å². The molecule has 0 unspecified atom stereocenters. The van der Waals surface area contributed by atoms with Crippen molar-refractivity contribution in [2.75, 3.05) is 11.5 Å². The van der Waals surface area contributed by atoms with Crippen molar-refractivity contribution in [2.24, 2.45) is 0 Å². The summed E-state index contributed by atoms with van der Waals surface area (Å²) in [7, 11) is 0. The first-order chi connectivity index (χ1) is 5.84.